The van der Waals surface area contributed by atoms with Gasteiger partial charge >= 0.3 is 6.03 Å². The van der Waals surface area contributed by atoms with E-state index < -0.39 is 0 Å². The Hall–Kier alpha value is -1.86. The topological polar surface area (TPSA) is 55.9 Å². The predicted octanol–water partition coefficient (Wildman–Crippen LogP) is 3.05. The van der Waals surface area contributed by atoms with Crippen molar-refractivity contribution in [2.75, 3.05) is 33.2 Å². The van der Waals surface area contributed by atoms with Gasteiger partial charge in [-0.05, 0) is 50.8 Å². The lowest BCUT2D eigenvalue weighted by atomic mass is 10.0. The van der Waals surface area contributed by atoms with Gasteiger partial charge in [-0.1, -0.05) is 19.9 Å². The fraction of sp³-hybridized carbons (Fsp3) is 0.600. The molecule has 27 heavy (non-hydrogen) atoms. The van der Waals surface area contributed by atoms with Crippen molar-refractivity contribution in [2.24, 2.45) is 0 Å². The summed E-state index contributed by atoms with van der Waals surface area (Å²) in [6.07, 6.45) is 2.04. The second-order valence-corrected chi connectivity index (χ2v) is 8.25. The van der Waals surface area contributed by atoms with Gasteiger partial charge in [0.1, 0.15) is 0 Å². The van der Waals surface area contributed by atoms with Crippen molar-refractivity contribution in [3.63, 3.8) is 0 Å². The Morgan fingerprint density at radius 2 is 2.07 bits per heavy atom. The summed E-state index contributed by atoms with van der Waals surface area (Å²) in [5.41, 5.74) is 1.58. The zero-order valence-corrected chi connectivity index (χ0v) is 17.5. The van der Waals surface area contributed by atoms with Crippen molar-refractivity contribution >= 4 is 23.3 Å². The van der Waals surface area contributed by atoms with Crippen LogP contribution in [0, 0.1) is 0 Å². The van der Waals surface area contributed by atoms with Crippen molar-refractivity contribution in [1.82, 2.24) is 20.0 Å². The first-order valence-electron chi connectivity index (χ1n) is 9.81. The molecule has 1 N–H and O–H groups in total. The largest absolute Gasteiger partial charge is 0.330 e. The van der Waals surface area contributed by atoms with Crippen LogP contribution < -0.4 is 5.32 Å². The normalized spacial score (nSPS) is 21.1. The van der Waals surface area contributed by atoms with Crippen molar-refractivity contribution in [3.05, 3.63) is 33.7 Å². The summed E-state index contributed by atoms with van der Waals surface area (Å²) in [5.74, 6) is 0.0607. The third-order valence-electron chi connectivity index (χ3n) is 5.74. The van der Waals surface area contributed by atoms with Crippen LogP contribution in [0.5, 0.6) is 0 Å². The number of likely N-dealkylation sites (N-methyl/N-ethyl adjacent to an activating group) is 1. The van der Waals surface area contributed by atoms with Gasteiger partial charge in [0.25, 0.3) is 5.91 Å². The van der Waals surface area contributed by atoms with Crippen LogP contribution in [0.4, 0.5) is 4.79 Å². The number of amides is 3. The molecular weight excluding hydrogens is 360 g/mol. The lowest BCUT2D eigenvalue weighted by Gasteiger charge is -2.30. The van der Waals surface area contributed by atoms with E-state index in [1.165, 1.54) is 0 Å². The van der Waals surface area contributed by atoms with Crippen molar-refractivity contribution in [3.8, 4) is 0 Å². The van der Waals surface area contributed by atoms with Gasteiger partial charge in [0.15, 0.2) is 0 Å². The monoisotopic (exact) mass is 390 g/mol. The third kappa shape index (κ3) is 3.89. The van der Waals surface area contributed by atoms with E-state index in [1.807, 2.05) is 22.4 Å². The molecule has 7 heteroatoms. The van der Waals surface area contributed by atoms with Gasteiger partial charge in [0.05, 0.1) is 23.9 Å². The van der Waals surface area contributed by atoms with E-state index in [0.29, 0.717) is 6.54 Å². The molecule has 2 atom stereocenters. The summed E-state index contributed by atoms with van der Waals surface area (Å²) in [6.45, 7) is 10.2. The molecule has 3 amide bonds. The summed E-state index contributed by atoms with van der Waals surface area (Å²) < 4.78 is 0. The molecular formula is C20H30N4O2S. The molecule has 6 nitrogen and oxygen atoms in total. The molecule has 2 aliphatic rings. The average molecular weight is 391 g/mol. The van der Waals surface area contributed by atoms with Crippen LogP contribution in [0.15, 0.2) is 28.8 Å². The highest BCUT2D eigenvalue weighted by Gasteiger charge is 2.44. The summed E-state index contributed by atoms with van der Waals surface area (Å²) >= 11 is 1.57. The number of carbonyl (C=O) groups is 2. The lowest BCUT2D eigenvalue weighted by Crippen LogP contribution is -2.45. The maximum absolute atomic E-state index is 13.2. The highest BCUT2D eigenvalue weighted by atomic mass is 32.1. The molecule has 0 fully saturated rings. The lowest BCUT2D eigenvalue weighted by molar-refractivity contribution is -0.127. The van der Waals surface area contributed by atoms with E-state index in [4.69, 9.17) is 0 Å². The first kappa shape index (κ1) is 19.9. The third-order valence-corrected chi connectivity index (χ3v) is 6.68. The van der Waals surface area contributed by atoms with Crippen LogP contribution in [0.2, 0.25) is 0 Å². The Balaban J connectivity index is 1.72. The predicted molar refractivity (Wildman–Crippen MR) is 109 cm³/mol. The quantitative estimate of drug-likeness (QED) is 0.742. The van der Waals surface area contributed by atoms with E-state index in [-0.39, 0.29) is 24.0 Å². The molecule has 0 unspecified atom stereocenters. The van der Waals surface area contributed by atoms with E-state index in [1.54, 1.807) is 23.3 Å². The fourth-order valence-corrected chi connectivity index (χ4v) is 4.70. The summed E-state index contributed by atoms with van der Waals surface area (Å²) in [7, 11) is 1.75. The van der Waals surface area contributed by atoms with Gasteiger partial charge in [0.2, 0.25) is 0 Å². The highest BCUT2D eigenvalue weighted by molar-refractivity contribution is 7.10. The van der Waals surface area contributed by atoms with E-state index >= 15 is 0 Å². The second kappa shape index (κ2) is 8.44. The number of hydrogen-bond donors (Lipinski definition) is 1. The Morgan fingerprint density at radius 3 is 2.70 bits per heavy atom. The molecule has 0 saturated heterocycles. The minimum atomic E-state index is -0.330. The van der Waals surface area contributed by atoms with Crippen LogP contribution in [0.3, 0.4) is 0 Å². The van der Waals surface area contributed by atoms with Crippen LogP contribution in [-0.4, -0.2) is 65.9 Å². The molecule has 0 aliphatic carbocycles. The number of hydrogen-bond acceptors (Lipinski definition) is 4. The molecule has 3 heterocycles. The number of carbonyl (C=O) groups excluding carboxylic acids is 2. The van der Waals surface area contributed by atoms with Crippen LogP contribution in [0.1, 0.15) is 44.5 Å². The Morgan fingerprint density at radius 1 is 1.33 bits per heavy atom. The van der Waals surface area contributed by atoms with Gasteiger partial charge in [0, 0.05) is 18.0 Å². The first-order chi connectivity index (χ1) is 13.0. The molecule has 0 aromatic carbocycles. The summed E-state index contributed by atoms with van der Waals surface area (Å²) in [6, 6.07) is 3.62. The molecule has 0 saturated carbocycles. The number of nitrogens with one attached hydrogen (secondary N) is 1. The Labute approximate surface area is 165 Å². The minimum absolute atomic E-state index is 0.0607. The summed E-state index contributed by atoms with van der Waals surface area (Å²) in [5, 5.41) is 4.97. The number of urea groups is 1. The number of thiophene rings is 1. The maximum Gasteiger partial charge on any atom is 0.322 e. The van der Waals surface area contributed by atoms with Crippen molar-refractivity contribution < 1.29 is 9.59 Å². The van der Waals surface area contributed by atoms with E-state index in [2.05, 4.69) is 31.0 Å². The van der Waals surface area contributed by atoms with E-state index in [9.17, 15) is 9.59 Å². The van der Waals surface area contributed by atoms with Crippen molar-refractivity contribution in [1.29, 1.82) is 0 Å². The van der Waals surface area contributed by atoms with Gasteiger partial charge in [-0.25, -0.2) is 4.79 Å². The van der Waals surface area contributed by atoms with Crippen LogP contribution >= 0.6 is 11.3 Å². The average Bonchev–Trinajstić information content (AvgIpc) is 3.30. The first-order valence-corrected chi connectivity index (χ1v) is 10.7. The SMILES string of the molecule is CCN(CC)CCC[C@H](C)N1CC2=C(C1=O)[C@@H](c1cccs1)NC(=O)N2C. The molecule has 148 valence electrons. The van der Waals surface area contributed by atoms with E-state index in [0.717, 1.165) is 48.6 Å². The molecule has 0 bridgehead atoms. The van der Waals surface area contributed by atoms with Crippen LogP contribution in [-0.2, 0) is 4.79 Å². The second-order valence-electron chi connectivity index (χ2n) is 7.27. The molecule has 1 aromatic rings. The van der Waals surface area contributed by atoms with Gasteiger partial charge < -0.3 is 15.1 Å². The zero-order chi connectivity index (χ0) is 19.6. The van der Waals surface area contributed by atoms with Crippen molar-refractivity contribution in [2.45, 2.75) is 45.7 Å². The van der Waals surface area contributed by atoms with Gasteiger partial charge in [-0.3, -0.25) is 9.69 Å². The van der Waals surface area contributed by atoms with Crippen LogP contribution in [0.25, 0.3) is 0 Å². The summed E-state index contributed by atoms with van der Waals surface area (Å²) in [4.78, 5) is 32.6. The molecule has 3 rings (SSSR count). The van der Waals surface area contributed by atoms with Gasteiger partial charge in [-0.15, -0.1) is 11.3 Å². The number of nitrogens with zero attached hydrogens (tertiary/aromatic N) is 3. The Bertz CT molecular complexity index is 712. The Kier molecular flexibility index (Phi) is 6.22. The fourth-order valence-electron chi connectivity index (χ4n) is 3.92. The highest BCUT2D eigenvalue weighted by Crippen LogP contribution is 2.38. The molecule has 0 radical (unpaired) electrons. The smallest absolute Gasteiger partial charge is 0.322 e. The standard InChI is InChI=1S/C20H30N4O2S/c1-5-23(6-2)11-7-9-14(3)24-13-15-17(19(24)25)18(16-10-8-12-27-16)21-20(26)22(15)4/h8,10,12,14,18H,5-7,9,11,13H2,1-4H3,(H,21,26)/t14-,18+/m0/s1. The minimum Gasteiger partial charge on any atom is -0.330 e. The molecule has 1 aromatic heterocycles. The number of rotatable bonds is 8. The molecule has 0 spiro atoms. The zero-order valence-electron chi connectivity index (χ0n) is 16.7. The van der Waals surface area contributed by atoms with Gasteiger partial charge in [-0.2, -0.15) is 0 Å². The molecule has 2 aliphatic heterocycles. The maximum atomic E-state index is 13.2.